The van der Waals surface area contributed by atoms with Gasteiger partial charge in [0.2, 0.25) is 5.78 Å². The van der Waals surface area contributed by atoms with E-state index in [-0.39, 0.29) is 0 Å². The van der Waals surface area contributed by atoms with Gasteiger partial charge in [0.25, 0.3) is 0 Å². The normalized spacial score (nSPS) is 13.1. The highest BCUT2D eigenvalue weighted by molar-refractivity contribution is 6.27. The van der Waals surface area contributed by atoms with Crippen LogP contribution in [0.1, 0.15) is 49.8 Å². The zero-order valence-corrected chi connectivity index (χ0v) is 15.2. The van der Waals surface area contributed by atoms with E-state index in [9.17, 15) is 22.8 Å². The molecule has 6 heteroatoms. The third-order valence-corrected chi connectivity index (χ3v) is 4.20. The highest BCUT2D eigenvalue weighted by Crippen LogP contribution is 2.31. The van der Waals surface area contributed by atoms with Crippen molar-refractivity contribution in [3.63, 3.8) is 0 Å². The van der Waals surface area contributed by atoms with Crippen LogP contribution in [-0.4, -0.2) is 24.7 Å². The molecule has 1 unspecified atom stereocenters. The van der Waals surface area contributed by atoms with Crippen LogP contribution in [0.25, 0.3) is 0 Å². The van der Waals surface area contributed by atoms with Crippen molar-refractivity contribution in [2.24, 2.45) is 0 Å². The number of ketones is 1. The molecule has 0 saturated carbocycles. The number of halogens is 3. The average molecular weight is 369 g/mol. The summed E-state index contributed by atoms with van der Waals surface area (Å²) < 4.78 is 38.3. The van der Waals surface area contributed by atoms with Crippen molar-refractivity contribution < 1.29 is 22.8 Å². The Hall–Kier alpha value is -1.95. The molecule has 0 radical (unpaired) electrons. The number of nitrogens with one attached hydrogen (secondary N) is 1. The van der Waals surface area contributed by atoms with Crippen LogP contribution in [0.15, 0.2) is 30.4 Å². The average Bonchev–Trinajstić information content (AvgIpc) is 2.62. The molecule has 0 aliphatic carbocycles. The lowest BCUT2D eigenvalue weighted by Gasteiger charge is -2.12. The number of carbonyl (C=O) groups is 2. The third kappa shape index (κ3) is 7.52. The zero-order valence-electron chi connectivity index (χ0n) is 15.2. The molecule has 1 rings (SSSR count). The van der Waals surface area contributed by atoms with E-state index in [0.29, 0.717) is 19.3 Å². The van der Waals surface area contributed by atoms with Crippen LogP contribution in [0.2, 0.25) is 0 Å². The van der Waals surface area contributed by atoms with Crippen LogP contribution in [0, 0.1) is 0 Å². The molecular weight excluding hydrogens is 343 g/mol. The Morgan fingerprint density at radius 1 is 1.19 bits per heavy atom. The van der Waals surface area contributed by atoms with Gasteiger partial charge in [-0.25, -0.2) is 0 Å². The number of allylic oxidation sites excluding steroid dienone is 1. The standard InChI is InChI=1S/C20H26F3NO2/c1-3-16-13-18(20(21,22)23)11-10-17(16)9-7-5-4-6-8-12-24-15(2)19(26)14-25/h4,6,10-11,13-15,24H,3,5,7-9,12H2,1-2H3. The molecule has 1 N–H and O–H groups in total. The summed E-state index contributed by atoms with van der Waals surface area (Å²) in [5, 5.41) is 2.96. The summed E-state index contributed by atoms with van der Waals surface area (Å²) in [5.74, 6) is -0.461. The van der Waals surface area contributed by atoms with Crippen molar-refractivity contribution in [3.05, 3.63) is 47.0 Å². The van der Waals surface area contributed by atoms with E-state index in [1.165, 1.54) is 6.07 Å². The Balaban J connectivity index is 2.35. The molecule has 0 heterocycles. The molecule has 0 fully saturated rings. The predicted molar refractivity (Wildman–Crippen MR) is 96.1 cm³/mol. The molecular formula is C20H26F3NO2. The maximum atomic E-state index is 12.8. The first-order chi connectivity index (χ1) is 12.3. The number of hydrogen-bond acceptors (Lipinski definition) is 3. The maximum absolute atomic E-state index is 12.8. The first kappa shape index (κ1) is 22.1. The lowest BCUT2D eigenvalue weighted by molar-refractivity contribution is -0.137. The number of unbranched alkanes of at least 4 members (excludes halogenated alkanes) is 1. The fraction of sp³-hybridized carbons (Fsp3) is 0.500. The number of alkyl halides is 3. The quantitative estimate of drug-likeness (QED) is 0.274. The number of rotatable bonds is 11. The van der Waals surface area contributed by atoms with E-state index >= 15 is 0 Å². The number of benzene rings is 1. The fourth-order valence-electron chi connectivity index (χ4n) is 2.61. The van der Waals surface area contributed by atoms with Crippen LogP contribution >= 0.6 is 0 Å². The van der Waals surface area contributed by atoms with Crippen LogP contribution < -0.4 is 5.32 Å². The Labute approximate surface area is 152 Å². The van der Waals surface area contributed by atoms with E-state index in [4.69, 9.17) is 0 Å². The second-order valence-electron chi connectivity index (χ2n) is 6.18. The maximum Gasteiger partial charge on any atom is 0.416 e. The molecule has 1 aromatic rings. The number of Topliss-reactive ketones (excluding diaryl/α,β-unsaturated/α-hetero) is 1. The molecule has 0 bridgehead atoms. The minimum absolute atomic E-state index is 0.319. The van der Waals surface area contributed by atoms with Gasteiger partial charge in [-0.2, -0.15) is 13.2 Å². The molecule has 3 nitrogen and oxygen atoms in total. The number of aldehydes is 1. The summed E-state index contributed by atoms with van der Waals surface area (Å²) in [6, 6.07) is 3.52. The smallest absolute Gasteiger partial charge is 0.307 e. The van der Waals surface area contributed by atoms with Gasteiger partial charge in [0, 0.05) is 0 Å². The number of hydrogen-bond donors (Lipinski definition) is 1. The first-order valence-electron chi connectivity index (χ1n) is 8.86. The van der Waals surface area contributed by atoms with Gasteiger partial charge in [-0.05, 0) is 68.8 Å². The molecule has 26 heavy (non-hydrogen) atoms. The van der Waals surface area contributed by atoms with Gasteiger partial charge in [0.1, 0.15) is 0 Å². The summed E-state index contributed by atoms with van der Waals surface area (Å²) in [4.78, 5) is 21.4. The largest absolute Gasteiger partial charge is 0.416 e. The summed E-state index contributed by atoms with van der Waals surface area (Å²) in [6.45, 7) is 4.12. The lowest BCUT2D eigenvalue weighted by Crippen LogP contribution is -2.35. The predicted octanol–water partition coefficient (Wildman–Crippen LogP) is 4.28. The van der Waals surface area contributed by atoms with Gasteiger partial charge in [-0.3, -0.25) is 9.59 Å². The molecule has 0 aromatic heterocycles. The third-order valence-electron chi connectivity index (χ3n) is 4.20. The lowest BCUT2D eigenvalue weighted by atomic mass is 9.97. The molecule has 0 spiro atoms. The van der Waals surface area contributed by atoms with E-state index in [1.807, 2.05) is 19.1 Å². The molecule has 0 amide bonds. The van der Waals surface area contributed by atoms with Gasteiger partial charge in [0.05, 0.1) is 11.6 Å². The molecule has 0 aliphatic rings. The second kappa shape index (κ2) is 10.9. The van der Waals surface area contributed by atoms with Crippen LogP contribution in [0.5, 0.6) is 0 Å². The molecule has 144 valence electrons. The fourth-order valence-corrected chi connectivity index (χ4v) is 2.61. The second-order valence-corrected chi connectivity index (χ2v) is 6.18. The number of carbonyl (C=O) groups excluding carboxylic acids is 2. The minimum Gasteiger partial charge on any atom is -0.307 e. The summed E-state index contributed by atoms with van der Waals surface area (Å²) in [5.41, 5.74) is 1.13. The molecule has 1 aromatic carbocycles. The molecule has 1 atom stereocenters. The zero-order chi connectivity index (χ0) is 19.6. The van der Waals surface area contributed by atoms with Crippen molar-refractivity contribution in [1.82, 2.24) is 5.32 Å². The van der Waals surface area contributed by atoms with Crippen molar-refractivity contribution in [2.75, 3.05) is 6.54 Å². The molecule has 0 saturated heterocycles. The summed E-state index contributed by atoms with van der Waals surface area (Å²) in [7, 11) is 0. The Bertz CT molecular complexity index is 624. The van der Waals surface area contributed by atoms with E-state index in [1.54, 1.807) is 13.0 Å². The minimum atomic E-state index is -4.30. The van der Waals surface area contributed by atoms with Crippen LogP contribution in [0.3, 0.4) is 0 Å². The number of aryl methyl sites for hydroxylation is 2. The Kier molecular flexibility index (Phi) is 9.27. The highest BCUT2D eigenvalue weighted by atomic mass is 19.4. The van der Waals surface area contributed by atoms with Gasteiger partial charge in [0.15, 0.2) is 6.29 Å². The summed E-state index contributed by atoms with van der Waals surface area (Å²) >= 11 is 0. The van der Waals surface area contributed by atoms with Crippen LogP contribution in [-0.2, 0) is 28.6 Å². The summed E-state index contributed by atoms with van der Waals surface area (Å²) in [6.07, 6.45) is 3.83. The van der Waals surface area contributed by atoms with Crippen molar-refractivity contribution in [3.8, 4) is 0 Å². The van der Waals surface area contributed by atoms with E-state index in [0.717, 1.165) is 42.9 Å². The van der Waals surface area contributed by atoms with Crippen molar-refractivity contribution >= 4 is 12.1 Å². The topological polar surface area (TPSA) is 46.2 Å². The van der Waals surface area contributed by atoms with Crippen LogP contribution in [0.4, 0.5) is 13.2 Å². The van der Waals surface area contributed by atoms with Gasteiger partial charge < -0.3 is 5.32 Å². The SMILES string of the molecule is CCc1cc(C(F)(F)F)ccc1CCCC=CCCNC(C)C(=O)C=O. The molecule has 0 aliphatic heterocycles. The van der Waals surface area contributed by atoms with E-state index < -0.39 is 23.6 Å². The van der Waals surface area contributed by atoms with Gasteiger partial charge in [-0.15, -0.1) is 0 Å². The van der Waals surface area contributed by atoms with Gasteiger partial charge in [-0.1, -0.05) is 25.1 Å². The van der Waals surface area contributed by atoms with Gasteiger partial charge >= 0.3 is 6.18 Å². The Morgan fingerprint density at radius 3 is 2.50 bits per heavy atom. The van der Waals surface area contributed by atoms with E-state index in [2.05, 4.69) is 5.32 Å². The monoisotopic (exact) mass is 369 g/mol. The Morgan fingerprint density at radius 2 is 1.88 bits per heavy atom. The van der Waals surface area contributed by atoms with Crippen molar-refractivity contribution in [2.45, 2.75) is 58.2 Å². The van der Waals surface area contributed by atoms with Crippen molar-refractivity contribution in [1.29, 1.82) is 0 Å². The highest BCUT2D eigenvalue weighted by Gasteiger charge is 2.30. The first-order valence-corrected chi connectivity index (χ1v) is 8.86.